The van der Waals surface area contributed by atoms with Gasteiger partial charge < -0.3 is 15.0 Å². The summed E-state index contributed by atoms with van der Waals surface area (Å²) in [7, 11) is 0. The molecule has 0 amide bonds. The monoisotopic (exact) mass is 348 g/mol. The Hall–Kier alpha value is -2.58. The molecule has 4 rings (SSSR count). The van der Waals surface area contributed by atoms with Gasteiger partial charge in [0.15, 0.2) is 0 Å². The van der Waals surface area contributed by atoms with Crippen molar-refractivity contribution in [2.45, 2.75) is 32.2 Å². The minimum Gasteiger partial charge on any atom is -0.378 e. The number of rotatable bonds is 4. The van der Waals surface area contributed by atoms with Gasteiger partial charge in [0.1, 0.15) is 17.7 Å². The van der Waals surface area contributed by atoms with Gasteiger partial charge in [0.05, 0.1) is 18.8 Å². The molecule has 0 bridgehead atoms. The van der Waals surface area contributed by atoms with Crippen LogP contribution in [0.4, 0.5) is 11.6 Å². The molecule has 2 aromatic rings. The number of morpholine rings is 1. The summed E-state index contributed by atoms with van der Waals surface area (Å²) in [6.07, 6.45) is 4.31. The third kappa shape index (κ3) is 3.38. The van der Waals surface area contributed by atoms with Gasteiger partial charge in [-0.15, -0.1) is 0 Å². The lowest BCUT2D eigenvalue weighted by molar-refractivity contribution is 0.122. The van der Waals surface area contributed by atoms with Crippen LogP contribution in [-0.4, -0.2) is 31.3 Å². The third-order valence-corrected chi connectivity index (χ3v) is 5.22. The number of nitrogens with one attached hydrogen (secondary N) is 1. The maximum absolute atomic E-state index is 9.81. The van der Waals surface area contributed by atoms with E-state index < -0.39 is 0 Å². The molecule has 5 heteroatoms. The first-order chi connectivity index (χ1) is 12.9. The molecule has 0 atom stereocenters. The number of pyridine rings is 1. The van der Waals surface area contributed by atoms with Crippen LogP contribution in [0, 0.1) is 11.3 Å². The fourth-order valence-corrected chi connectivity index (χ4v) is 3.87. The first-order valence-corrected chi connectivity index (χ1v) is 9.43. The Morgan fingerprint density at radius 1 is 1.08 bits per heavy atom. The molecule has 1 aromatic heterocycles. The van der Waals surface area contributed by atoms with E-state index in [1.165, 1.54) is 23.1 Å². The van der Waals surface area contributed by atoms with Gasteiger partial charge in [-0.25, -0.2) is 4.98 Å². The van der Waals surface area contributed by atoms with Crippen LogP contribution in [0.1, 0.15) is 35.1 Å². The highest BCUT2D eigenvalue weighted by Crippen LogP contribution is 2.35. The van der Waals surface area contributed by atoms with Crippen molar-refractivity contribution in [1.29, 1.82) is 5.26 Å². The van der Waals surface area contributed by atoms with Crippen molar-refractivity contribution in [3.63, 3.8) is 0 Å². The van der Waals surface area contributed by atoms with E-state index in [0.717, 1.165) is 62.8 Å². The Labute approximate surface area is 154 Å². The average molecular weight is 348 g/mol. The predicted octanol–water partition coefficient (Wildman–Crippen LogP) is 3.28. The van der Waals surface area contributed by atoms with Crippen molar-refractivity contribution in [3.05, 3.63) is 52.6 Å². The number of ether oxygens (including phenoxy) is 1. The van der Waals surface area contributed by atoms with E-state index in [-0.39, 0.29) is 0 Å². The Balaban J connectivity index is 1.71. The summed E-state index contributed by atoms with van der Waals surface area (Å²) in [5.41, 5.74) is 4.39. The summed E-state index contributed by atoms with van der Waals surface area (Å²) < 4.78 is 5.51. The second-order valence-corrected chi connectivity index (χ2v) is 6.87. The molecule has 1 saturated heterocycles. The van der Waals surface area contributed by atoms with Crippen LogP contribution in [0.2, 0.25) is 0 Å². The molecule has 5 nitrogen and oxygen atoms in total. The van der Waals surface area contributed by atoms with Gasteiger partial charge in [0, 0.05) is 19.6 Å². The molecular weight excluding hydrogens is 324 g/mol. The number of aromatic nitrogens is 1. The van der Waals surface area contributed by atoms with Crippen molar-refractivity contribution in [1.82, 2.24) is 4.98 Å². The lowest BCUT2D eigenvalue weighted by Crippen LogP contribution is -2.38. The summed E-state index contributed by atoms with van der Waals surface area (Å²) >= 11 is 0. The summed E-state index contributed by atoms with van der Waals surface area (Å²) in [6, 6.07) is 12.7. The second kappa shape index (κ2) is 7.76. The van der Waals surface area contributed by atoms with Gasteiger partial charge in [-0.1, -0.05) is 30.3 Å². The fraction of sp³-hybridized carbons (Fsp3) is 0.429. The van der Waals surface area contributed by atoms with Crippen LogP contribution < -0.4 is 10.2 Å². The Morgan fingerprint density at radius 3 is 2.54 bits per heavy atom. The highest BCUT2D eigenvalue weighted by atomic mass is 16.5. The average Bonchev–Trinajstić information content (AvgIpc) is 2.72. The van der Waals surface area contributed by atoms with E-state index in [4.69, 9.17) is 9.72 Å². The summed E-state index contributed by atoms with van der Waals surface area (Å²) in [6.45, 7) is 3.88. The van der Waals surface area contributed by atoms with Crippen molar-refractivity contribution >= 4 is 11.6 Å². The van der Waals surface area contributed by atoms with Crippen molar-refractivity contribution in [2.75, 3.05) is 36.5 Å². The van der Waals surface area contributed by atoms with E-state index in [9.17, 15) is 5.26 Å². The summed E-state index contributed by atoms with van der Waals surface area (Å²) in [5, 5.41) is 13.2. The lowest BCUT2D eigenvalue weighted by Gasteiger charge is -2.32. The zero-order chi connectivity index (χ0) is 17.8. The van der Waals surface area contributed by atoms with Crippen LogP contribution in [0.3, 0.4) is 0 Å². The molecule has 26 heavy (non-hydrogen) atoms. The molecule has 1 fully saturated rings. The molecule has 134 valence electrons. The van der Waals surface area contributed by atoms with Crippen molar-refractivity contribution < 1.29 is 4.74 Å². The van der Waals surface area contributed by atoms with E-state index in [1.54, 1.807) is 0 Å². The Kier molecular flexibility index (Phi) is 5.03. The first-order valence-electron chi connectivity index (χ1n) is 9.43. The van der Waals surface area contributed by atoms with Gasteiger partial charge in [-0.2, -0.15) is 5.26 Å². The minimum atomic E-state index is 0.670. The second-order valence-electron chi connectivity index (χ2n) is 6.87. The summed E-state index contributed by atoms with van der Waals surface area (Å²) in [4.78, 5) is 7.25. The molecule has 1 N–H and O–H groups in total. The predicted molar refractivity (Wildman–Crippen MR) is 102 cm³/mol. The number of anilines is 2. The quantitative estimate of drug-likeness (QED) is 0.919. The molecular formula is C21H24N4O. The van der Waals surface area contributed by atoms with Gasteiger partial charge in [-0.3, -0.25) is 0 Å². The van der Waals surface area contributed by atoms with Crippen molar-refractivity contribution in [3.8, 4) is 6.07 Å². The molecule has 1 aliphatic carbocycles. The molecule has 1 aromatic carbocycles. The largest absolute Gasteiger partial charge is 0.378 e. The zero-order valence-electron chi connectivity index (χ0n) is 15.0. The zero-order valence-corrected chi connectivity index (χ0v) is 15.0. The summed E-state index contributed by atoms with van der Waals surface area (Å²) in [5.74, 6) is 1.77. The Morgan fingerprint density at radius 2 is 1.81 bits per heavy atom. The molecule has 0 unspecified atom stereocenters. The number of hydrogen-bond acceptors (Lipinski definition) is 5. The molecule has 0 radical (unpaired) electrons. The van der Waals surface area contributed by atoms with Crippen LogP contribution in [0.25, 0.3) is 0 Å². The maximum atomic E-state index is 9.81. The minimum absolute atomic E-state index is 0.670. The first kappa shape index (κ1) is 16.9. The highest BCUT2D eigenvalue weighted by Gasteiger charge is 2.25. The normalized spacial score (nSPS) is 16.7. The number of nitriles is 1. The molecule has 2 aliphatic rings. The molecule has 2 heterocycles. The highest BCUT2D eigenvalue weighted by molar-refractivity contribution is 5.67. The Bertz CT molecular complexity index is 807. The fourth-order valence-electron chi connectivity index (χ4n) is 3.87. The van der Waals surface area contributed by atoms with Gasteiger partial charge >= 0.3 is 0 Å². The van der Waals surface area contributed by atoms with Crippen LogP contribution >= 0.6 is 0 Å². The number of hydrogen-bond donors (Lipinski definition) is 1. The van der Waals surface area contributed by atoms with E-state index in [2.05, 4.69) is 28.4 Å². The number of benzene rings is 1. The third-order valence-electron chi connectivity index (χ3n) is 5.22. The molecule has 0 spiro atoms. The SMILES string of the molecule is N#Cc1c(NCc2ccccc2)nc(N2CCOCC2)c2c1CCCC2. The lowest BCUT2D eigenvalue weighted by atomic mass is 9.88. The standard InChI is InChI=1S/C21H24N4O/c22-14-19-17-8-4-5-9-18(17)21(25-10-12-26-13-11-25)24-20(19)23-15-16-6-2-1-3-7-16/h1-3,6-7H,4-5,8-13,15H2,(H,23,24). The number of nitrogens with zero attached hydrogens (tertiary/aromatic N) is 3. The van der Waals surface area contributed by atoms with Crippen LogP contribution in [0.5, 0.6) is 0 Å². The van der Waals surface area contributed by atoms with Crippen LogP contribution in [-0.2, 0) is 24.1 Å². The topological polar surface area (TPSA) is 61.2 Å². The molecule has 1 aliphatic heterocycles. The smallest absolute Gasteiger partial charge is 0.146 e. The van der Waals surface area contributed by atoms with Gasteiger partial charge in [0.25, 0.3) is 0 Å². The van der Waals surface area contributed by atoms with Crippen molar-refractivity contribution in [2.24, 2.45) is 0 Å². The number of fused-ring (bicyclic) bond motifs is 1. The van der Waals surface area contributed by atoms with E-state index >= 15 is 0 Å². The maximum Gasteiger partial charge on any atom is 0.146 e. The van der Waals surface area contributed by atoms with Crippen LogP contribution in [0.15, 0.2) is 30.3 Å². The van der Waals surface area contributed by atoms with Gasteiger partial charge in [-0.05, 0) is 42.4 Å². The van der Waals surface area contributed by atoms with Gasteiger partial charge in [0.2, 0.25) is 0 Å². The van der Waals surface area contributed by atoms with E-state index in [0.29, 0.717) is 6.54 Å². The van der Waals surface area contributed by atoms with E-state index in [1.807, 2.05) is 18.2 Å². The molecule has 0 saturated carbocycles.